The smallest absolute Gasteiger partial charge is 0.0794 e. The summed E-state index contributed by atoms with van der Waals surface area (Å²) in [7, 11) is 0. The number of hydrogen-bond acceptors (Lipinski definition) is 2. The molecule has 86 valence electrons. The molecule has 0 saturated carbocycles. The van der Waals surface area contributed by atoms with Gasteiger partial charge in [0.15, 0.2) is 0 Å². The van der Waals surface area contributed by atoms with E-state index in [0.29, 0.717) is 19.1 Å². The average Bonchev–Trinajstić information content (AvgIpc) is 2.28. The second kappa shape index (κ2) is 9.69. The molecule has 0 aliphatic heterocycles. The quantitative estimate of drug-likeness (QED) is 0.427. The molecule has 2 heteroatoms. The Kier molecular flexibility index (Phi) is 9.13. The summed E-state index contributed by atoms with van der Waals surface area (Å²) in [5.41, 5.74) is 1.41. The lowest BCUT2D eigenvalue weighted by atomic mass is 10.0. The van der Waals surface area contributed by atoms with E-state index in [1.54, 1.807) is 0 Å². The number of rotatable bonds is 4. The SMILES string of the molecule is CC(C)c1ccccc1.CCOOCC. The molecule has 0 saturated heterocycles. The highest BCUT2D eigenvalue weighted by Crippen LogP contribution is 2.11. The summed E-state index contributed by atoms with van der Waals surface area (Å²) in [6.07, 6.45) is 0. The second-order valence-electron chi connectivity index (χ2n) is 3.38. The summed E-state index contributed by atoms with van der Waals surface area (Å²) in [5, 5.41) is 0. The van der Waals surface area contributed by atoms with Crippen LogP contribution >= 0.6 is 0 Å². The molecule has 0 unspecified atom stereocenters. The molecule has 1 aromatic rings. The lowest BCUT2D eigenvalue weighted by Gasteiger charge is -2.01. The highest BCUT2D eigenvalue weighted by atomic mass is 17.2. The maximum absolute atomic E-state index is 4.48. The van der Waals surface area contributed by atoms with Crippen molar-refractivity contribution in [1.82, 2.24) is 0 Å². The number of hydrogen-bond donors (Lipinski definition) is 0. The van der Waals surface area contributed by atoms with Crippen LogP contribution in [0.25, 0.3) is 0 Å². The normalized spacial score (nSPS) is 9.67. The van der Waals surface area contributed by atoms with Crippen molar-refractivity contribution < 1.29 is 9.78 Å². The molecular formula is C13H22O2. The molecule has 0 bridgehead atoms. The number of benzene rings is 1. The zero-order valence-electron chi connectivity index (χ0n) is 10.2. The van der Waals surface area contributed by atoms with E-state index in [-0.39, 0.29) is 0 Å². The Hall–Kier alpha value is -0.860. The van der Waals surface area contributed by atoms with Gasteiger partial charge in [-0.25, -0.2) is 9.78 Å². The molecule has 0 aliphatic carbocycles. The molecule has 0 heterocycles. The standard InChI is InChI=1S/C9H12.C4H10O2/c1-8(2)9-6-4-3-5-7-9;1-3-5-6-4-2/h3-8H,1-2H3;3-4H2,1-2H3. The molecule has 0 aromatic heterocycles. The van der Waals surface area contributed by atoms with Crippen LogP contribution < -0.4 is 0 Å². The predicted octanol–water partition coefficient (Wildman–Crippen LogP) is 3.78. The van der Waals surface area contributed by atoms with Crippen molar-refractivity contribution in [3.8, 4) is 0 Å². The van der Waals surface area contributed by atoms with Crippen molar-refractivity contribution in [3.05, 3.63) is 35.9 Å². The molecule has 0 fully saturated rings. The van der Waals surface area contributed by atoms with Gasteiger partial charge in [-0.2, -0.15) is 0 Å². The molecule has 0 radical (unpaired) electrons. The Balaban J connectivity index is 0.000000288. The van der Waals surface area contributed by atoms with Gasteiger partial charge in [0.25, 0.3) is 0 Å². The molecular weight excluding hydrogens is 188 g/mol. The van der Waals surface area contributed by atoms with Gasteiger partial charge in [0.05, 0.1) is 13.2 Å². The van der Waals surface area contributed by atoms with Gasteiger partial charge in [-0.1, -0.05) is 44.2 Å². The van der Waals surface area contributed by atoms with Crippen LogP contribution in [0, 0.1) is 0 Å². The van der Waals surface area contributed by atoms with Gasteiger partial charge in [0, 0.05) is 0 Å². The minimum atomic E-state index is 0.633. The van der Waals surface area contributed by atoms with Gasteiger partial charge >= 0.3 is 0 Å². The summed E-state index contributed by atoms with van der Waals surface area (Å²) in [4.78, 5) is 8.97. The summed E-state index contributed by atoms with van der Waals surface area (Å²) < 4.78 is 0. The van der Waals surface area contributed by atoms with E-state index in [9.17, 15) is 0 Å². The van der Waals surface area contributed by atoms with Crippen LogP contribution in [0.2, 0.25) is 0 Å². The van der Waals surface area contributed by atoms with Crippen LogP contribution in [-0.4, -0.2) is 13.2 Å². The van der Waals surface area contributed by atoms with Gasteiger partial charge in [-0.05, 0) is 25.3 Å². The molecule has 0 atom stereocenters. The first-order valence-electron chi connectivity index (χ1n) is 5.51. The largest absolute Gasteiger partial charge is 0.237 e. The summed E-state index contributed by atoms with van der Waals surface area (Å²) in [5.74, 6) is 0.659. The molecule has 1 aromatic carbocycles. The van der Waals surface area contributed by atoms with Crippen molar-refractivity contribution in [2.24, 2.45) is 0 Å². The Morgan fingerprint density at radius 2 is 1.40 bits per heavy atom. The minimum absolute atomic E-state index is 0.633. The first kappa shape index (κ1) is 14.1. The summed E-state index contributed by atoms with van der Waals surface area (Å²) >= 11 is 0. The van der Waals surface area contributed by atoms with Gasteiger partial charge in [0.2, 0.25) is 0 Å². The average molecular weight is 210 g/mol. The lowest BCUT2D eigenvalue weighted by molar-refractivity contribution is -0.287. The van der Waals surface area contributed by atoms with Gasteiger partial charge in [0.1, 0.15) is 0 Å². The fourth-order valence-corrected chi connectivity index (χ4v) is 1.00. The van der Waals surface area contributed by atoms with E-state index in [2.05, 4.69) is 47.9 Å². The van der Waals surface area contributed by atoms with Crippen molar-refractivity contribution in [2.75, 3.05) is 13.2 Å². The Labute approximate surface area is 93.1 Å². The third-order valence-electron chi connectivity index (χ3n) is 1.79. The van der Waals surface area contributed by atoms with Crippen LogP contribution in [0.4, 0.5) is 0 Å². The molecule has 2 nitrogen and oxygen atoms in total. The predicted molar refractivity (Wildman–Crippen MR) is 63.8 cm³/mol. The molecule has 0 amide bonds. The van der Waals surface area contributed by atoms with E-state index in [0.717, 1.165) is 0 Å². The Morgan fingerprint density at radius 1 is 0.933 bits per heavy atom. The molecule has 0 N–H and O–H groups in total. The monoisotopic (exact) mass is 210 g/mol. The fraction of sp³-hybridized carbons (Fsp3) is 0.538. The highest BCUT2D eigenvalue weighted by molar-refractivity contribution is 5.17. The lowest BCUT2D eigenvalue weighted by Crippen LogP contribution is -1.90. The van der Waals surface area contributed by atoms with E-state index < -0.39 is 0 Å². The highest BCUT2D eigenvalue weighted by Gasteiger charge is 1.93. The van der Waals surface area contributed by atoms with Gasteiger partial charge in [-0.3, -0.25) is 0 Å². The minimum Gasteiger partial charge on any atom is -0.237 e. The molecule has 1 rings (SSSR count). The van der Waals surface area contributed by atoms with Crippen LogP contribution in [0.15, 0.2) is 30.3 Å². The van der Waals surface area contributed by atoms with Crippen LogP contribution in [0.3, 0.4) is 0 Å². The first-order valence-corrected chi connectivity index (χ1v) is 5.51. The summed E-state index contributed by atoms with van der Waals surface area (Å²) in [6, 6.07) is 10.5. The first-order chi connectivity index (χ1) is 7.22. The fourth-order valence-electron chi connectivity index (χ4n) is 1.00. The van der Waals surface area contributed by atoms with E-state index in [4.69, 9.17) is 0 Å². The van der Waals surface area contributed by atoms with E-state index in [1.807, 2.05) is 19.9 Å². The maximum Gasteiger partial charge on any atom is 0.0794 e. The molecule has 0 aliphatic rings. The maximum atomic E-state index is 4.48. The Morgan fingerprint density at radius 3 is 1.67 bits per heavy atom. The second-order valence-corrected chi connectivity index (χ2v) is 3.38. The van der Waals surface area contributed by atoms with E-state index >= 15 is 0 Å². The van der Waals surface area contributed by atoms with Gasteiger partial charge < -0.3 is 0 Å². The molecule has 0 spiro atoms. The Bertz CT molecular complexity index is 215. The zero-order valence-corrected chi connectivity index (χ0v) is 10.2. The van der Waals surface area contributed by atoms with Crippen molar-refractivity contribution in [3.63, 3.8) is 0 Å². The summed E-state index contributed by atoms with van der Waals surface area (Å²) in [6.45, 7) is 9.44. The van der Waals surface area contributed by atoms with Crippen molar-refractivity contribution >= 4 is 0 Å². The third kappa shape index (κ3) is 8.16. The zero-order chi connectivity index (χ0) is 11.5. The van der Waals surface area contributed by atoms with E-state index in [1.165, 1.54) is 5.56 Å². The van der Waals surface area contributed by atoms with Crippen LogP contribution in [0.5, 0.6) is 0 Å². The third-order valence-corrected chi connectivity index (χ3v) is 1.79. The van der Waals surface area contributed by atoms with Crippen molar-refractivity contribution in [2.45, 2.75) is 33.6 Å². The molecule has 15 heavy (non-hydrogen) atoms. The van der Waals surface area contributed by atoms with Crippen molar-refractivity contribution in [1.29, 1.82) is 0 Å². The van der Waals surface area contributed by atoms with Gasteiger partial charge in [-0.15, -0.1) is 0 Å². The van der Waals surface area contributed by atoms with Crippen LogP contribution in [-0.2, 0) is 9.78 Å². The topological polar surface area (TPSA) is 18.5 Å². The van der Waals surface area contributed by atoms with Crippen LogP contribution in [0.1, 0.15) is 39.2 Å².